The number of hydrogen-bond acceptors (Lipinski definition) is 5. The van der Waals surface area contributed by atoms with Crippen LogP contribution >= 0.6 is 23.1 Å². The Bertz CT molecular complexity index is 891. The minimum Gasteiger partial charge on any atom is -0.320 e. The van der Waals surface area contributed by atoms with E-state index in [0.717, 1.165) is 22.8 Å². The molecule has 5 nitrogen and oxygen atoms in total. The maximum atomic E-state index is 13.7. The van der Waals surface area contributed by atoms with Crippen LogP contribution < -0.4 is 5.32 Å². The number of halogens is 2. The number of para-hydroxylation sites is 1. The van der Waals surface area contributed by atoms with Crippen molar-refractivity contribution in [2.24, 2.45) is 7.05 Å². The molecule has 1 amide bonds. The zero-order valence-electron chi connectivity index (χ0n) is 14.1. The number of aromatic nitrogens is 3. The van der Waals surface area contributed by atoms with Crippen molar-refractivity contribution in [3.63, 3.8) is 0 Å². The second-order valence-corrected chi connectivity index (χ2v) is 7.90. The summed E-state index contributed by atoms with van der Waals surface area (Å²) in [6, 6.07) is 7.42. The lowest BCUT2D eigenvalue weighted by Gasteiger charge is -2.12. The lowest BCUT2D eigenvalue weighted by Crippen LogP contribution is -2.24. The Morgan fingerprint density at radius 1 is 1.27 bits per heavy atom. The molecule has 0 aliphatic rings. The van der Waals surface area contributed by atoms with Crippen LogP contribution in [0.2, 0.25) is 0 Å². The predicted molar refractivity (Wildman–Crippen MR) is 98.4 cm³/mol. The number of thioether (sulfide) groups is 1. The van der Waals surface area contributed by atoms with E-state index in [2.05, 4.69) is 15.5 Å². The van der Waals surface area contributed by atoms with E-state index in [-0.39, 0.29) is 0 Å². The van der Waals surface area contributed by atoms with Crippen molar-refractivity contribution in [2.75, 3.05) is 5.32 Å². The Hall–Kier alpha value is -2.26. The first-order chi connectivity index (χ1) is 12.5. The van der Waals surface area contributed by atoms with Gasteiger partial charge in [-0.05, 0) is 30.5 Å². The summed E-state index contributed by atoms with van der Waals surface area (Å²) in [5, 5.41) is 12.5. The summed E-state index contributed by atoms with van der Waals surface area (Å²) in [5.74, 6) is -1.36. The number of hydrogen-bond donors (Lipinski definition) is 1. The van der Waals surface area contributed by atoms with Gasteiger partial charge < -0.3 is 9.88 Å². The number of anilines is 1. The van der Waals surface area contributed by atoms with Gasteiger partial charge in [0.05, 0.1) is 5.25 Å². The van der Waals surface area contributed by atoms with Crippen LogP contribution in [0.5, 0.6) is 0 Å². The zero-order chi connectivity index (χ0) is 18.7. The number of thiophene rings is 1. The van der Waals surface area contributed by atoms with E-state index in [1.54, 1.807) is 18.3 Å². The van der Waals surface area contributed by atoms with E-state index >= 15 is 0 Å². The summed E-state index contributed by atoms with van der Waals surface area (Å²) in [7, 11) is 1.83. The van der Waals surface area contributed by atoms with Crippen molar-refractivity contribution in [1.29, 1.82) is 0 Å². The van der Waals surface area contributed by atoms with Gasteiger partial charge in [-0.25, -0.2) is 8.78 Å². The first-order valence-corrected chi connectivity index (χ1v) is 9.54. The highest BCUT2D eigenvalue weighted by Gasteiger charge is 2.21. The minimum atomic E-state index is -0.813. The van der Waals surface area contributed by atoms with Crippen molar-refractivity contribution in [2.45, 2.75) is 23.8 Å². The molecule has 0 radical (unpaired) electrons. The second-order valence-electron chi connectivity index (χ2n) is 5.56. The number of benzene rings is 1. The molecule has 0 unspecified atom stereocenters. The van der Waals surface area contributed by atoms with E-state index in [9.17, 15) is 13.6 Å². The van der Waals surface area contributed by atoms with Gasteiger partial charge in [0.1, 0.15) is 23.1 Å². The minimum absolute atomic E-state index is 0.443. The summed E-state index contributed by atoms with van der Waals surface area (Å²) in [5.41, 5.74) is -0.443. The molecule has 1 N–H and O–H groups in total. The SMILES string of the molecule is C[C@H](Sc1nnc(Cc2cccs2)n1C)C(=O)Nc1c(F)cccc1F. The Morgan fingerprint density at radius 3 is 2.65 bits per heavy atom. The Labute approximate surface area is 157 Å². The Balaban J connectivity index is 1.67. The van der Waals surface area contributed by atoms with Crippen molar-refractivity contribution in [3.05, 3.63) is 58.0 Å². The van der Waals surface area contributed by atoms with E-state index in [4.69, 9.17) is 0 Å². The van der Waals surface area contributed by atoms with Gasteiger partial charge in [0.15, 0.2) is 5.16 Å². The van der Waals surface area contributed by atoms with E-state index in [1.807, 2.05) is 29.1 Å². The molecule has 0 aliphatic carbocycles. The van der Waals surface area contributed by atoms with Crippen LogP contribution in [0.15, 0.2) is 40.9 Å². The Kier molecular flexibility index (Phi) is 5.67. The molecule has 0 aliphatic heterocycles. The molecule has 3 rings (SSSR count). The molecule has 26 heavy (non-hydrogen) atoms. The fourth-order valence-corrected chi connectivity index (χ4v) is 3.76. The summed E-state index contributed by atoms with van der Waals surface area (Å²) in [4.78, 5) is 13.4. The van der Waals surface area contributed by atoms with Crippen LogP contribution in [0.1, 0.15) is 17.6 Å². The molecule has 2 heterocycles. The highest BCUT2D eigenvalue weighted by molar-refractivity contribution is 8.00. The van der Waals surface area contributed by atoms with E-state index in [0.29, 0.717) is 11.6 Å². The van der Waals surface area contributed by atoms with Crippen LogP contribution in [0.25, 0.3) is 0 Å². The highest BCUT2D eigenvalue weighted by atomic mass is 32.2. The first kappa shape index (κ1) is 18.5. The quantitative estimate of drug-likeness (QED) is 0.645. The van der Waals surface area contributed by atoms with Crippen LogP contribution in [0, 0.1) is 11.6 Å². The molecule has 136 valence electrons. The monoisotopic (exact) mass is 394 g/mol. The summed E-state index contributed by atoms with van der Waals surface area (Å²) in [6.07, 6.45) is 0.655. The van der Waals surface area contributed by atoms with Crippen LogP contribution in [-0.2, 0) is 18.3 Å². The molecule has 1 aromatic carbocycles. The summed E-state index contributed by atoms with van der Waals surface area (Å²) >= 11 is 2.81. The third-order valence-electron chi connectivity index (χ3n) is 3.70. The second kappa shape index (κ2) is 7.96. The molecule has 1 atom stereocenters. The molecular weight excluding hydrogens is 378 g/mol. The van der Waals surface area contributed by atoms with Gasteiger partial charge >= 0.3 is 0 Å². The van der Waals surface area contributed by atoms with Gasteiger partial charge in [-0.2, -0.15) is 0 Å². The lowest BCUT2D eigenvalue weighted by atomic mass is 10.3. The molecule has 0 spiro atoms. The van der Waals surface area contributed by atoms with Gasteiger partial charge in [-0.3, -0.25) is 4.79 Å². The largest absolute Gasteiger partial charge is 0.320 e. The molecule has 9 heteroatoms. The van der Waals surface area contributed by atoms with Crippen LogP contribution in [0.3, 0.4) is 0 Å². The Morgan fingerprint density at radius 2 is 2.00 bits per heavy atom. The smallest absolute Gasteiger partial charge is 0.237 e. The molecule has 0 bridgehead atoms. The molecular formula is C17H16F2N4OS2. The average molecular weight is 394 g/mol. The van der Waals surface area contributed by atoms with Crippen molar-refractivity contribution >= 4 is 34.7 Å². The van der Waals surface area contributed by atoms with E-state index < -0.39 is 28.5 Å². The molecule has 0 fully saturated rings. The summed E-state index contributed by atoms with van der Waals surface area (Å²) in [6.45, 7) is 1.65. The van der Waals surface area contributed by atoms with Crippen LogP contribution in [-0.4, -0.2) is 25.9 Å². The lowest BCUT2D eigenvalue weighted by molar-refractivity contribution is -0.115. The number of carbonyl (C=O) groups is 1. The molecule has 0 saturated carbocycles. The number of rotatable bonds is 6. The number of nitrogens with zero attached hydrogens (tertiary/aromatic N) is 3. The predicted octanol–water partition coefficient (Wildman–Crippen LogP) is 3.86. The average Bonchev–Trinajstić information content (AvgIpc) is 3.23. The number of carbonyl (C=O) groups excluding carboxylic acids is 1. The molecule has 0 saturated heterocycles. The molecule has 2 aromatic heterocycles. The third-order valence-corrected chi connectivity index (χ3v) is 5.71. The van der Waals surface area contributed by atoms with Gasteiger partial charge in [0, 0.05) is 18.3 Å². The maximum absolute atomic E-state index is 13.7. The van der Waals surface area contributed by atoms with Crippen molar-refractivity contribution in [3.8, 4) is 0 Å². The number of nitrogens with one attached hydrogen (secondary N) is 1. The fourth-order valence-electron chi connectivity index (χ4n) is 2.22. The van der Waals surface area contributed by atoms with Gasteiger partial charge in [0.2, 0.25) is 5.91 Å². The zero-order valence-corrected chi connectivity index (χ0v) is 15.7. The van der Waals surface area contributed by atoms with Crippen LogP contribution in [0.4, 0.5) is 14.5 Å². The van der Waals surface area contributed by atoms with Crippen molar-refractivity contribution in [1.82, 2.24) is 14.8 Å². The molecule has 3 aromatic rings. The number of amides is 1. The van der Waals surface area contributed by atoms with Gasteiger partial charge in [0.25, 0.3) is 0 Å². The van der Waals surface area contributed by atoms with Gasteiger partial charge in [-0.15, -0.1) is 21.5 Å². The van der Waals surface area contributed by atoms with Gasteiger partial charge in [-0.1, -0.05) is 23.9 Å². The standard InChI is InChI=1S/C17H16F2N4OS2/c1-10(16(24)20-15-12(18)6-3-7-13(15)19)26-17-22-21-14(23(17)2)9-11-5-4-8-25-11/h3-8,10H,9H2,1-2H3,(H,20,24)/t10-/m0/s1. The maximum Gasteiger partial charge on any atom is 0.237 e. The fraction of sp³-hybridized carbons (Fsp3) is 0.235. The summed E-state index contributed by atoms with van der Waals surface area (Å²) < 4.78 is 29.1. The third kappa shape index (κ3) is 4.10. The van der Waals surface area contributed by atoms with E-state index in [1.165, 1.54) is 17.8 Å². The topological polar surface area (TPSA) is 59.8 Å². The normalized spacial score (nSPS) is 12.2. The first-order valence-electron chi connectivity index (χ1n) is 7.78. The van der Waals surface area contributed by atoms with Crippen molar-refractivity contribution < 1.29 is 13.6 Å². The highest BCUT2D eigenvalue weighted by Crippen LogP contribution is 2.25.